The highest BCUT2D eigenvalue weighted by atomic mass is 19.1. The van der Waals surface area contributed by atoms with Crippen molar-refractivity contribution < 1.29 is 9.13 Å². The molecule has 0 fully saturated rings. The third kappa shape index (κ3) is 3.17. The van der Waals surface area contributed by atoms with Crippen LogP contribution in [-0.2, 0) is 0 Å². The van der Waals surface area contributed by atoms with Gasteiger partial charge in [0.2, 0.25) is 0 Å². The average molecular weight is 273 g/mol. The summed E-state index contributed by atoms with van der Waals surface area (Å²) in [7, 11) is 1.88. The standard InChI is InChI=1S/C17H20FNO/c1-4-20-15-7-5-6-13(10-15)17(19-3)16-11-14(18)9-8-12(16)2/h5-11,17,19H,4H2,1-3H3. The highest BCUT2D eigenvalue weighted by Crippen LogP contribution is 2.27. The summed E-state index contributed by atoms with van der Waals surface area (Å²) in [6.07, 6.45) is 0. The van der Waals surface area contributed by atoms with Crippen molar-refractivity contribution in [1.82, 2.24) is 5.32 Å². The quantitative estimate of drug-likeness (QED) is 0.893. The van der Waals surface area contributed by atoms with Crippen LogP contribution in [-0.4, -0.2) is 13.7 Å². The normalized spacial score (nSPS) is 12.2. The highest BCUT2D eigenvalue weighted by molar-refractivity contribution is 5.40. The Kier molecular flexibility index (Phi) is 4.74. The Morgan fingerprint density at radius 2 is 2.00 bits per heavy atom. The fraction of sp³-hybridized carbons (Fsp3) is 0.294. The molecule has 2 rings (SSSR count). The molecule has 0 saturated carbocycles. The van der Waals surface area contributed by atoms with Crippen LogP contribution in [0.2, 0.25) is 0 Å². The van der Waals surface area contributed by atoms with E-state index >= 15 is 0 Å². The van der Waals surface area contributed by atoms with E-state index < -0.39 is 0 Å². The Labute approximate surface area is 119 Å². The third-order valence-corrected chi connectivity index (χ3v) is 3.34. The lowest BCUT2D eigenvalue weighted by molar-refractivity contribution is 0.339. The summed E-state index contributed by atoms with van der Waals surface area (Å²) in [4.78, 5) is 0. The summed E-state index contributed by atoms with van der Waals surface area (Å²) >= 11 is 0. The highest BCUT2D eigenvalue weighted by Gasteiger charge is 2.15. The summed E-state index contributed by atoms with van der Waals surface area (Å²) in [6.45, 7) is 4.58. The van der Waals surface area contributed by atoms with Crippen molar-refractivity contribution in [1.29, 1.82) is 0 Å². The molecular weight excluding hydrogens is 253 g/mol. The van der Waals surface area contributed by atoms with E-state index in [2.05, 4.69) is 5.32 Å². The fourth-order valence-electron chi connectivity index (χ4n) is 2.37. The molecule has 0 aliphatic rings. The number of halogens is 1. The van der Waals surface area contributed by atoms with Crippen LogP contribution in [0, 0.1) is 12.7 Å². The van der Waals surface area contributed by atoms with Crippen molar-refractivity contribution in [3.05, 3.63) is 65.0 Å². The van der Waals surface area contributed by atoms with Gasteiger partial charge >= 0.3 is 0 Å². The maximum Gasteiger partial charge on any atom is 0.123 e. The topological polar surface area (TPSA) is 21.3 Å². The summed E-state index contributed by atoms with van der Waals surface area (Å²) in [6, 6.07) is 12.7. The van der Waals surface area contributed by atoms with E-state index in [1.54, 1.807) is 12.1 Å². The van der Waals surface area contributed by atoms with Gasteiger partial charge in [-0.2, -0.15) is 0 Å². The minimum atomic E-state index is -0.216. The van der Waals surface area contributed by atoms with Crippen LogP contribution in [0.5, 0.6) is 5.75 Å². The van der Waals surface area contributed by atoms with Gasteiger partial charge in [0.15, 0.2) is 0 Å². The molecule has 3 heteroatoms. The van der Waals surface area contributed by atoms with Gasteiger partial charge in [-0.3, -0.25) is 0 Å². The molecule has 0 spiro atoms. The van der Waals surface area contributed by atoms with Crippen LogP contribution in [0.15, 0.2) is 42.5 Å². The Balaban J connectivity index is 2.41. The first-order valence-electron chi connectivity index (χ1n) is 6.81. The van der Waals surface area contributed by atoms with Gasteiger partial charge in [0.05, 0.1) is 12.6 Å². The van der Waals surface area contributed by atoms with Crippen molar-refractivity contribution in [3.8, 4) is 5.75 Å². The zero-order chi connectivity index (χ0) is 14.5. The van der Waals surface area contributed by atoms with Crippen LogP contribution >= 0.6 is 0 Å². The minimum absolute atomic E-state index is 0.0499. The Morgan fingerprint density at radius 1 is 1.20 bits per heavy atom. The molecule has 2 aromatic rings. The molecule has 0 aliphatic carbocycles. The largest absolute Gasteiger partial charge is 0.494 e. The summed E-state index contributed by atoms with van der Waals surface area (Å²) < 4.78 is 19.0. The van der Waals surface area contributed by atoms with Crippen molar-refractivity contribution in [2.75, 3.05) is 13.7 Å². The second kappa shape index (κ2) is 6.53. The van der Waals surface area contributed by atoms with Crippen molar-refractivity contribution in [3.63, 3.8) is 0 Å². The van der Waals surface area contributed by atoms with Crippen LogP contribution in [0.1, 0.15) is 29.7 Å². The summed E-state index contributed by atoms with van der Waals surface area (Å²) in [5.74, 6) is 0.617. The number of hydrogen-bond acceptors (Lipinski definition) is 2. The first-order chi connectivity index (χ1) is 9.65. The molecule has 1 atom stereocenters. The average Bonchev–Trinajstić information content (AvgIpc) is 2.44. The number of ether oxygens (including phenoxy) is 1. The van der Waals surface area contributed by atoms with Gasteiger partial charge in [0.25, 0.3) is 0 Å². The van der Waals surface area contributed by atoms with Crippen LogP contribution < -0.4 is 10.1 Å². The molecule has 2 aromatic carbocycles. The molecule has 0 aromatic heterocycles. The molecule has 0 saturated heterocycles. The van der Waals surface area contributed by atoms with Crippen LogP contribution in [0.25, 0.3) is 0 Å². The maximum atomic E-state index is 13.5. The first-order valence-corrected chi connectivity index (χ1v) is 6.81. The molecule has 0 amide bonds. The smallest absolute Gasteiger partial charge is 0.123 e. The number of hydrogen-bond donors (Lipinski definition) is 1. The Bertz CT molecular complexity index is 583. The molecule has 106 valence electrons. The van der Waals surface area contributed by atoms with Gasteiger partial charge in [-0.05, 0) is 61.9 Å². The van der Waals surface area contributed by atoms with Crippen LogP contribution in [0.4, 0.5) is 4.39 Å². The second-order valence-corrected chi connectivity index (χ2v) is 4.73. The molecule has 1 N–H and O–H groups in total. The Morgan fingerprint density at radius 3 is 2.70 bits per heavy atom. The lowest BCUT2D eigenvalue weighted by atomic mass is 9.95. The van der Waals surface area contributed by atoms with Crippen molar-refractivity contribution >= 4 is 0 Å². The number of rotatable bonds is 5. The SMILES string of the molecule is CCOc1cccc(C(NC)c2cc(F)ccc2C)c1. The molecule has 0 aliphatic heterocycles. The van der Waals surface area contributed by atoms with Gasteiger partial charge in [-0.1, -0.05) is 18.2 Å². The van der Waals surface area contributed by atoms with E-state index in [0.29, 0.717) is 6.61 Å². The first kappa shape index (κ1) is 14.5. The van der Waals surface area contributed by atoms with E-state index in [9.17, 15) is 4.39 Å². The predicted octanol–water partition coefficient (Wildman–Crippen LogP) is 3.84. The lowest BCUT2D eigenvalue weighted by Crippen LogP contribution is -2.19. The second-order valence-electron chi connectivity index (χ2n) is 4.73. The number of nitrogens with one attached hydrogen (secondary N) is 1. The van der Waals surface area contributed by atoms with E-state index in [0.717, 1.165) is 22.4 Å². The molecule has 1 unspecified atom stereocenters. The zero-order valence-corrected chi connectivity index (χ0v) is 12.1. The van der Waals surface area contributed by atoms with Gasteiger partial charge in [0.1, 0.15) is 11.6 Å². The third-order valence-electron chi connectivity index (χ3n) is 3.34. The van der Waals surface area contributed by atoms with E-state index in [1.165, 1.54) is 6.07 Å². The Hall–Kier alpha value is -1.87. The van der Waals surface area contributed by atoms with Crippen molar-refractivity contribution in [2.24, 2.45) is 0 Å². The zero-order valence-electron chi connectivity index (χ0n) is 12.1. The van der Waals surface area contributed by atoms with Gasteiger partial charge in [0, 0.05) is 0 Å². The van der Waals surface area contributed by atoms with Gasteiger partial charge < -0.3 is 10.1 Å². The number of benzene rings is 2. The monoisotopic (exact) mass is 273 g/mol. The predicted molar refractivity (Wildman–Crippen MR) is 79.7 cm³/mol. The van der Waals surface area contributed by atoms with Crippen LogP contribution in [0.3, 0.4) is 0 Å². The van der Waals surface area contributed by atoms with E-state index in [4.69, 9.17) is 4.74 Å². The summed E-state index contributed by atoms with van der Waals surface area (Å²) in [5, 5.41) is 3.25. The lowest BCUT2D eigenvalue weighted by Gasteiger charge is -2.20. The molecule has 2 nitrogen and oxygen atoms in total. The minimum Gasteiger partial charge on any atom is -0.494 e. The molecule has 20 heavy (non-hydrogen) atoms. The molecule has 0 radical (unpaired) electrons. The van der Waals surface area contributed by atoms with Gasteiger partial charge in [-0.15, -0.1) is 0 Å². The van der Waals surface area contributed by atoms with Crippen molar-refractivity contribution in [2.45, 2.75) is 19.9 Å². The molecule has 0 bridgehead atoms. The fourth-order valence-corrected chi connectivity index (χ4v) is 2.37. The molecule has 0 heterocycles. The van der Waals surface area contributed by atoms with E-state index in [1.807, 2.05) is 45.2 Å². The summed E-state index contributed by atoms with van der Waals surface area (Å²) in [5.41, 5.74) is 3.07. The maximum absolute atomic E-state index is 13.5. The number of aryl methyl sites for hydroxylation is 1. The van der Waals surface area contributed by atoms with E-state index in [-0.39, 0.29) is 11.9 Å². The molecular formula is C17H20FNO. The van der Waals surface area contributed by atoms with Gasteiger partial charge in [-0.25, -0.2) is 4.39 Å².